The number of likely N-dealkylation sites (tertiary alicyclic amines) is 1. The molecule has 0 saturated carbocycles. The van der Waals surface area contributed by atoms with Crippen LogP contribution in [0.25, 0.3) is 0 Å². The van der Waals surface area contributed by atoms with Gasteiger partial charge in [-0.3, -0.25) is 14.6 Å². The molecule has 0 aromatic carbocycles. The number of aromatic amines is 1. The standard InChI is InChI=1S/C15H21N5O/c21-15(5-2-8-20-9-3-6-18-20)19-7-1-4-13(12-19)14-10-16-17-11-14/h3,6,9-11,13H,1-2,4-5,7-8,12H2,(H,16,17)/t13-/m1/s1. The van der Waals surface area contributed by atoms with E-state index in [1.54, 1.807) is 6.20 Å². The number of rotatable bonds is 5. The van der Waals surface area contributed by atoms with Gasteiger partial charge in [0.15, 0.2) is 0 Å². The molecule has 1 fully saturated rings. The maximum Gasteiger partial charge on any atom is 0.222 e. The second-order valence-electron chi connectivity index (χ2n) is 5.58. The molecule has 0 spiro atoms. The lowest BCUT2D eigenvalue weighted by Crippen LogP contribution is -2.39. The van der Waals surface area contributed by atoms with Crippen LogP contribution in [0.3, 0.4) is 0 Å². The highest BCUT2D eigenvalue weighted by Crippen LogP contribution is 2.26. The summed E-state index contributed by atoms with van der Waals surface area (Å²) in [6, 6.07) is 1.90. The predicted octanol–water partition coefficient (Wildman–Crippen LogP) is 1.79. The van der Waals surface area contributed by atoms with Crippen molar-refractivity contribution in [3.8, 4) is 0 Å². The fraction of sp³-hybridized carbons (Fsp3) is 0.533. The van der Waals surface area contributed by atoms with Crippen LogP contribution in [-0.4, -0.2) is 43.9 Å². The first-order valence-corrected chi connectivity index (χ1v) is 7.57. The largest absolute Gasteiger partial charge is 0.342 e. The van der Waals surface area contributed by atoms with Gasteiger partial charge in [0, 0.05) is 50.6 Å². The Bertz CT molecular complexity index is 549. The summed E-state index contributed by atoms with van der Waals surface area (Å²) in [6.07, 6.45) is 11.2. The molecule has 1 aliphatic heterocycles. The Morgan fingerprint density at radius 3 is 3.19 bits per heavy atom. The van der Waals surface area contributed by atoms with Gasteiger partial charge in [-0.2, -0.15) is 10.2 Å². The first-order valence-electron chi connectivity index (χ1n) is 7.57. The van der Waals surface area contributed by atoms with Crippen LogP contribution in [0.15, 0.2) is 30.9 Å². The van der Waals surface area contributed by atoms with Gasteiger partial charge in [0.25, 0.3) is 0 Å². The van der Waals surface area contributed by atoms with Gasteiger partial charge in [-0.1, -0.05) is 0 Å². The second kappa shape index (κ2) is 6.56. The van der Waals surface area contributed by atoms with E-state index in [0.29, 0.717) is 12.3 Å². The Balaban J connectivity index is 1.48. The van der Waals surface area contributed by atoms with Gasteiger partial charge in [0.1, 0.15) is 0 Å². The monoisotopic (exact) mass is 287 g/mol. The summed E-state index contributed by atoms with van der Waals surface area (Å²) in [6.45, 7) is 2.51. The van der Waals surface area contributed by atoms with E-state index in [-0.39, 0.29) is 5.91 Å². The number of carbonyl (C=O) groups is 1. The second-order valence-corrected chi connectivity index (χ2v) is 5.58. The van der Waals surface area contributed by atoms with Gasteiger partial charge < -0.3 is 4.90 Å². The SMILES string of the molecule is O=C(CCCn1cccn1)N1CCC[C@@H](c2cn[nH]c2)C1. The lowest BCUT2D eigenvalue weighted by molar-refractivity contribution is -0.132. The fourth-order valence-corrected chi connectivity index (χ4v) is 2.94. The topological polar surface area (TPSA) is 66.8 Å². The molecule has 1 atom stereocenters. The average Bonchev–Trinajstić information content (AvgIpc) is 3.21. The normalized spacial score (nSPS) is 18.9. The molecule has 0 unspecified atom stereocenters. The van der Waals surface area contributed by atoms with Crippen LogP contribution in [0.4, 0.5) is 0 Å². The number of aryl methyl sites for hydroxylation is 1. The maximum absolute atomic E-state index is 12.3. The molecular formula is C15H21N5O. The van der Waals surface area contributed by atoms with Crippen LogP contribution >= 0.6 is 0 Å². The molecule has 6 heteroatoms. The number of nitrogens with zero attached hydrogens (tertiary/aromatic N) is 4. The summed E-state index contributed by atoms with van der Waals surface area (Å²) in [5, 5.41) is 11.0. The molecule has 6 nitrogen and oxygen atoms in total. The zero-order valence-corrected chi connectivity index (χ0v) is 12.1. The lowest BCUT2D eigenvalue weighted by Gasteiger charge is -2.32. The predicted molar refractivity (Wildman–Crippen MR) is 78.6 cm³/mol. The van der Waals surface area contributed by atoms with Crippen molar-refractivity contribution in [2.75, 3.05) is 13.1 Å². The summed E-state index contributed by atoms with van der Waals surface area (Å²) < 4.78 is 1.87. The molecule has 112 valence electrons. The summed E-state index contributed by atoms with van der Waals surface area (Å²) in [4.78, 5) is 14.3. The van der Waals surface area contributed by atoms with E-state index >= 15 is 0 Å². The van der Waals surface area contributed by atoms with Crippen molar-refractivity contribution in [3.63, 3.8) is 0 Å². The highest BCUT2D eigenvalue weighted by Gasteiger charge is 2.24. The highest BCUT2D eigenvalue weighted by atomic mass is 16.2. The van der Waals surface area contributed by atoms with Crippen LogP contribution < -0.4 is 0 Å². The third-order valence-electron chi connectivity index (χ3n) is 4.10. The fourth-order valence-electron chi connectivity index (χ4n) is 2.94. The summed E-state index contributed by atoms with van der Waals surface area (Å²) in [5.74, 6) is 0.683. The Kier molecular flexibility index (Phi) is 4.33. The molecular weight excluding hydrogens is 266 g/mol. The number of amides is 1. The summed E-state index contributed by atoms with van der Waals surface area (Å²) in [5.41, 5.74) is 1.21. The molecule has 0 aliphatic carbocycles. The first kappa shape index (κ1) is 13.9. The molecule has 1 amide bonds. The number of piperidine rings is 1. The number of aromatic nitrogens is 4. The minimum absolute atomic E-state index is 0.260. The molecule has 2 aromatic heterocycles. The summed E-state index contributed by atoms with van der Waals surface area (Å²) in [7, 11) is 0. The van der Waals surface area contributed by atoms with Gasteiger partial charge >= 0.3 is 0 Å². The Morgan fingerprint density at radius 1 is 1.48 bits per heavy atom. The van der Waals surface area contributed by atoms with Gasteiger partial charge in [-0.15, -0.1) is 0 Å². The molecule has 1 N–H and O–H groups in total. The van der Waals surface area contributed by atoms with Crippen molar-refractivity contribution in [2.45, 2.75) is 38.1 Å². The molecule has 0 radical (unpaired) electrons. The van der Waals surface area contributed by atoms with Crippen molar-refractivity contribution < 1.29 is 4.79 Å². The van der Waals surface area contributed by atoms with Gasteiger partial charge in [-0.05, 0) is 30.9 Å². The zero-order chi connectivity index (χ0) is 14.5. The van der Waals surface area contributed by atoms with Crippen molar-refractivity contribution in [3.05, 3.63) is 36.4 Å². The van der Waals surface area contributed by atoms with Gasteiger partial charge in [-0.25, -0.2) is 0 Å². The Morgan fingerprint density at radius 2 is 2.43 bits per heavy atom. The van der Waals surface area contributed by atoms with Crippen molar-refractivity contribution in [2.24, 2.45) is 0 Å². The molecule has 1 saturated heterocycles. The third-order valence-corrected chi connectivity index (χ3v) is 4.10. The molecule has 2 aromatic rings. The lowest BCUT2D eigenvalue weighted by atomic mass is 9.92. The minimum Gasteiger partial charge on any atom is -0.342 e. The number of nitrogens with one attached hydrogen (secondary N) is 1. The molecule has 1 aliphatic rings. The molecule has 3 rings (SSSR count). The van der Waals surface area contributed by atoms with E-state index in [1.165, 1.54) is 5.56 Å². The Hall–Kier alpha value is -2.11. The molecule has 3 heterocycles. The molecule has 0 bridgehead atoms. The average molecular weight is 287 g/mol. The number of hydrogen-bond acceptors (Lipinski definition) is 3. The van der Waals surface area contributed by atoms with E-state index in [9.17, 15) is 4.79 Å². The van der Waals surface area contributed by atoms with E-state index in [0.717, 1.165) is 38.9 Å². The van der Waals surface area contributed by atoms with Crippen molar-refractivity contribution >= 4 is 5.91 Å². The highest BCUT2D eigenvalue weighted by molar-refractivity contribution is 5.76. The summed E-state index contributed by atoms with van der Waals surface area (Å²) >= 11 is 0. The third kappa shape index (κ3) is 3.51. The van der Waals surface area contributed by atoms with E-state index in [1.807, 2.05) is 34.2 Å². The smallest absolute Gasteiger partial charge is 0.222 e. The van der Waals surface area contributed by atoms with Crippen LogP contribution in [0.1, 0.15) is 37.2 Å². The maximum atomic E-state index is 12.3. The van der Waals surface area contributed by atoms with Crippen LogP contribution in [0, 0.1) is 0 Å². The van der Waals surface area contributed by atoms with Crippen LogP contribution in [0.5, 0.6) is 0 Å². The number of carbonyl (C=O) groups excluding carboxylic acids is 1. The quantitative estimate of drug-likeness (QED) is 0.911. The number of hydrogen-bond donors (Lipinski definition) is 1. The van der Waals surface area contributed by atoms with Crippen molar-refractivity contribution in [1.82, 2.24) is 24.9 Å². The molecule has 21 heavy (non-hydrogen) atoms. The van der Waals surface area contributed by atoms with Crippen LogP contribution in [-0.2, 0) is 11.3 Å². The first-order chi connectivity index (χ1) is 10.3. The zero-order valence-electron chi connectivity index (χ0n) is 12.1. The van der Waals surface area contributed by atoms with E-state index in [4.69, 9.17) is 0 Å². The van der Waals surface area contributed by atoms with Gasteiger partial charge in [0.05, 0.1) is 6.20 Å². The Labute approximate surface area is 124 Å². The van der Waals surface area contributed by atoms with E-state index < -0.39 is 0 Å². The van der Waals surface area contributed by atoms with Crippen molar-refractivity contribution in [1.29, 1.82) is 0 Å². The minimum atomic E-state index is 0.260. The van der Waals surface area contributed by atoms with Crippen LogP contribution in [0.2, 0.25) is 0 Å². The number of H-pyrrole nitrogens is 1. The van der Waals surface area contributed by atoms with E-state index in [2.05, 4.69) is 15.3 Å². The van der Waals surface area contributed by atoms with Gasteiger partial charge in [0.2, 0.25) is 5.91 Å².